The summed E-state index contributed by atoms with van der Waals surface area (Å²) in [7, 11) is 1.64. The molecule has 0 saturated carbocycles. The van der Waals surface area contributed by atoms with Crippen LogP contribution in [0.25, 0.3) is 0 Å². The number of hydrogen-bond donors (Lipinski definition) is 2. The Bertz CT molecular complexity index is 459. The summed E-state index contributed by atoms with van der Waals surface area (Å²) in [5, 5.41) is 6.27. The number of halogens is 1. The maximum absolute atomic E-state index is 12.4. The lowest BCUT2D eigenvalue weighted by Gasteiger charge is -2.32. The largest absolute Gasteiger partial charge is 0.491 e. The normalized spacial score (nSPS) is 20.8. The monoisotopic (exact) mass is 328 g/mol. The molecule has 2 rings (SSSR count). The molecule has 5 nitrogen and oxygen atoms in total. The van der Waals surface area contributed by atoms with Gasteiger partial charge in [0.1, 0.15) is 12.4 Å². The van der Waals surface area contributed by atoms with Gasteiger partial charge in [-0.2, -0.15) is 0 Å². The van der Waals surface area contributed by atoms with E-state index >= 15 is 0 Å². The van der Waals surface area contributed by atoms with Crippen molar-refractivity contribution in [2.75, 3.05) is 38.7 Å². The van der Waals surface area contributed by atoms with E-state index in [1.54, 1.807) is 7.11 Å². The first-order valence-corrected chi connectivity index (χ1v) is 7.38. The molecule has 1 heterocycles. The Morgan fingerprint density at radius 2 is 2.05 bits per heavy atom. The zero-order chi connectivity index (χ0) is 15.1. The molecule has 0 radical (unpaired) electrons. The average molecular weight is 329 g/mol. The molecule has 124 valence electrons. The van der Waals surface area contributed by atoms with Crippen LogP contribution in [0.4, 0.5) is 5.69 Å². The molecule has 1 aliphatic heterocycles. The highest BCUT2D eigenvalue weighted by molar-refractivity contribution is 5.95. The summed E-state index contributed by atoms with van der Waals surface area (Å²) in [4.78, 5) is 12.4. The fourth-order valence-corrected chi connectivity index (χ4v) is 2.41. The molecule has 1 saturated heterocycles. The van der Waals surface area contributed by atoms with Gasteiger partial charge in [0.25, 0.3) is 0 Å². The predicted octanol–water partition coefficient (Wildman–Crippen LogP) is 2.46. The molecule has 0 bridgehead atoms. The zero-order valence-electron chi connectivity index (χ0n) is 13.2. The van der Waals surface area contributed by atoms with E-state index in [2.05, 4.69) is 10.6 Å². The highest BCUT2D eigenvalue weighted by atomic mass is 35.5. The number of nitrogens with one attached hydrogen (secondary N) is 2. The van der Waals surface area contributed by atoms with E-state index < -0.39 is 0 Å². The molecule has 6 heteroatoms. The average Bonchev–Trinajstić information content (AvgIpc) is 2.50. The molecule has 2 N–H and O–H groups in total. The standard InChI is InChI=1S/C16H24N2O3.ClH/c1-16(8-3-9-17-12-16)15(19)18-13-4-6-14(7-5-13)21-11-10-20-2;/h4-7,17H,3,8-12H2,1-2H3,(H,18,19);1H. The van der Waals surface area contributed by atoms with Gasteiger partial charge in [-0.1, -0.05) is 0 Å². The quantitative estimate of drug-likeness (QED) is 0.788. The van der Waals surface area contributed by atoms with Gasteiger partial charge < -0.3 is 20.1 Å². The first-order chi connectivity index (χ1) is 10.1. The number of ether oxygens (including phenoxy) is 2. The second kappa shape index (κ2) is 8.98. The minimum Gasteiger partial charge on any atom is -0.491 e. The molecule has 1 unspecified atom stereocenters. The van der Waals surface area contributed by atoms with Crippen molar-refractivity contribution in [1.82, 2.24) is 5.32 Å². The fourth-order valence-electron chi connectivity index (χ4n) is 2.41. The van der Waals surface area contributed by atoms with Gasteiger partial charge in [-0.05, 0) is 50.6 Å². The molecule has 1 aromatic carbocycles. The Kier molecular flexibility index (Phi) is 7.65. The fraction of sp³-hybridized carbons (Fsp3) is 0.562. The van der Waals surface area contributed by atoms with E-state index in [4.69, 9.17) is 9.47 Å². The highest BCUT2D eigenvalue weighted by Gasteiger charge is 2.34. The van der Waals surface area contributed by atoms with Crippen LogP contribution in [0.3, 0.4) is 0 Å². The summed E-state index contributed by atoms with van der Waals surface area (Å²) in [5.74, 6) is 0.846. The van der Waals surface area contributed by atoms with Crippen LogP contribution in [0, 0.1) is 5.41 Å². The molecule has 1 aliphatic rings. The smallest absolute Gasteiger partial charge is 0.231 e. The maximum atomic E-state index is 12.4. The SMILES string of the molecule is COCCOc1ccc(NC(=O)C2(C)CCCNC2)cc1.Cl. The number of rotatable bonds is 6. The van der Waals surface area contributed by atoms with Crippen LogP contribution in [0.1, 0.15) is 19.8 Å². The Labute approximate surface area is 138 Å². The molecule has 0 aromatic heterocycles. The van der Waals surface area contributed by atoms with E-state index in [9.17, 15) is 4.79 Å². The molecule has 22 heavy (non-hydrogen) atoms. The summed E-state index contributed by atoms with van der Waals surface area (Å²) < 4.78 is 10.4. The van der Waals surface area contributed by atoms with Crippen LogP contribution in [0.2, 0.25) is 0 Å². The molecule has 0 aliphatic carbocycles. The first-order valence-electron chi connectivity index (χ1n) is 7.38. The van der Waals surface area contributed by atoms with Gasteiger partial charge >= 0.3 is 0 Å². The Hall–Kier alpha value is -1.30. The second-order valence-corrected chi connectivity index (χ2v) is 5.66. The van der Waals surface area contributed by atoms with Crippen LogP contribution in [-0.2, 0) is 9.53 Å². The van der Waals surface area contributed by atoms with Crippen molar-refractivity contribution in [3.63, 3.8) is 0 Å². The van der Waals surface area contributed by atoms with Crippen molar-refractivity contribution in [2.45, 2.75) is 19.8 Å². The first kappa shape index (κ1) is 18.7. The van der Waals surface area contributed by atoms with E-state index in [1.165, 1.54) is 0 Å². The lowest BCUT2D eigenvalue weighted by atomic mass is 9.82. The number of piperidine rings is 1. The molecular formula is C16H25ClN2O3. The van der Waals surface area contributed by atoms with Crippen molar-refractivity contribution in [1.29, 1.82) is 0 Å². The minimum atomic E-state index is -0.327. The minimum absolute atomic E-state index is 0. The molecule has 1 aromatic rings. The van der Waals surface area contributed by atoms with Gasteiger partial charge in [0, 0.05) is 19.3 Å². The lowest BCUT2D eigenvalue weighted by Crippen LogP contribution is -2.46. The number of benzene rings is 1. The number of hydrogen-bond acceptors (Lipinski definition) is 4. The van der Waals surface area contributed by atoms with E-state index in [0.29, 0.717) is 13.2 Å². The number of carbonyl (C=O) groups excluding carboxylic acids is 1. The second-order valence-electron chi connectivity index (χ2n) is 5.66. The predicted molar refractivity (Wildman–Crippen MR) is 89.9 cm³/mol. The van der Waals surface area contributed by atoms with Gasteiger partial charge in [-0.3, -0.25) is 4.79 Å². The molecule has 1 fully saturated rings. The van der Waals surface area contributed by atoms with Crippen molar-refractivity contribution in [3.05, 3.63) is 24.3 Å². The van der Waals surface area contributed by atoms with Crippen molar-refractivity contribution in [2.24, 2.45) is 5.41 Å². The summed E-state index contributed by atoms with van der Waals surface area (Å²) in [6, 6.07) is 7.43. The van der Waals surface area contributed by atoms with Crippen LogP contribution in [-0.4, -0.2) is 39.3 Å². The van der Waals surface area contributed by atoms with Crippen LogP contribution >= 0.6 is 12.4 Å². The van der Waals surface area contributed by atoms with Crippen molar-refractivity contribution in [3.8, 4) is 5.75 Å². The number of amides is 1. The van der Waals surface area contributed by atoms with E-state index in [-0.39, 0.29) is 23.7 Å². The van der Waals surface area contributed by atoms with Crippen LogP contribution < -0.4 is 15.4 Å². The third kappa shape index (κ3) is 5.16. The lowest BCUT2D eigenvalue weighted by molar-refractivity contribution is -0.125. The molecular weight excluding hydrogens is 304 g/mol. The maximum Gasteiger partial charge on any atom is 0.231 e. The van der Waals surface area contributed by atoms with Gasteiger partial charge in [-0.15, -0.1) is 12.4 Å². The number of carbonyl (C=O) groups is 1. The summed E-state index contributed by atoms with van der Waals surface area (Å²) in [6.07, 6.45) is 1.96. The summed E-state index contributed by atoms with van der Waals surface area (Å²) in [6.45, 7) is 4.82. The summed E-state index contributed by atoms with van der Waals surface area (Å²) in [5.41, 5.74) is 0.470. The molecule has 1 amide bonds. The van der Waals surface area contributed by atoms with Gasteiger partial charge in [0.2, 0.25) is 5.91 Å². The van der Waals surface area contributed by atoms with Gasteiger partial charge in [-0.25, -0.2) is 0 Å². The van der Waals surface area contributed by atoms with Crippen LogP contribution in [0.15, 0.2) is 24.3 Å². The topological polar surface area (TPSA) is 59.6 Å². The van der Waals surface area contributed by atoms with Gasteiger partial charge in [0.15, 0.2) is 0 Å². The van der Waals surface area contributed by atoms with Crippen molar-refractivity contribution < 1.29 is 14.3 Å². The molecule has 0 spiro atoms. The van der Waals surface area contributed by atoms with Crippen LogP contribution in [0.5, 0.6) is 5.75 Å². The molecule has 1 atom stereocenters. The Morgan fingerprint density at radius 3 is 2.64 bits per heavy atom. The van der Waals surface area contributed by atoms with Gasteiger partial charge in [0.05, 0.1) is 12.0 Å². The Morgan fingerprint density at radius 1 is 1.32 bits per heavy atom. The number of methoxy groups -OCH3 is 1. The third-order valence-corrected chi connectivity index (χ3v) is 3.81. The Balaban J connectivity index is 0.00000242. The zero-order valence-corrected chi connectivity index (χ0v) is 14.0. The van der Waals surface area contributed by atoms with E-state index in [1.807, 2.05) is 31.2 Å². The number of anilines is 1. The highest BCUT2D eigenvalue weighted by Crippen LogP contribution is 2.27. The third-order valence-electron chi connectivity index (χ3n) is 3.81. The summed E-state index contributed by atoms with van der Waals surface area (Å²) >= 11 is 0. The van der Waals surface area contributed by atoms with Crippen molar-refractivity contribution >= 4 is 24.0 Å². The van der Waals surface area contributed by atoms with E-state index in [0.717, 1.165) is 37.4 Å².